The second-order valence-electron chi connectivity index (χ2n) is 22.3. The number of benzene rings is 4. The summed E-state index contributed by atoms with van der Waals surface area (Å²) in [7, 11) is 6.45. The Bertz CT molecular complexity index is 5340. The molecule has 16 aromatic rings. The van der Waals surface area contributed by atoms with Crippen LogP contribution in [0, 0.1) is 27.7 Å². The molecule has 4 N–H and O–H groups in total. The summed E-state index contributed by atoms with van der Waals surface area (Å²) in [6.07, 6.45) is 9.57. The molecule has 16 rings (SSSR count). The van der Waals surface area contributed by atoms with Crippen molar-refractivity contribution in [3.05, 3.63) is 244 Å². The van der Waals surface area contributed by atoms with Gasteiger partial charge in [0, 0.05) is 68.2 Å². The van der Waals surface area contributed by atoms with Crippen LogP contribution in [0.5, 0.6) is 23.0 Å². The normalized spacial score (nSPS) is 10.8. The number of fused-ring (bicyclic) bond motifs is 4. The van der Waals surface area contributed by atoms with E-state index in [0.717, 1.165) is 56.1 Å². The molecule has 520 valence electrons. The largest absolute Gasteiger partial charge is 0.495 e. The Morgan fingerprint density at radius 2 is 0.625 bits per heavy atom. The lowest BCUT2D eigenvalue weighted by molar-refractivity contribution is 0.416. The van der Waals surface area contributed by atoms with Gasteiger partial charge in [-0.15, -0.1) is 45.3 Å². The average Bonchev–Trinajstić information content (AvgIpc) is 1.37. The van der Waals surface area contributed by atoms with E-state index in [1.807, 2.05) is 122 Å². The van der Waals surface area contributed by atoms with Crippen molar-refractivity contribution in [1.29, 1.82) is 0 Å². The zero-order valence-corrected chi connectivity index (χ0v) is 59.6. The predicted octanol–water partition coefficient (Wildman–Crippen LogP) is 16.3. The van der Waals surface area contributed by atoms with Crippen LogP contribution in [0.2, 0.25) is 0 Å². The number of ether oxygens (including phenoxy) is 4. The lowest BCUT2D eigenvalue weighted by Gasteiger charge is -2.08. The first-order valence-electron chi connectivity index (χ1n) is 31.3. The van der Waals surface area contributed by atoms with Gasteiger partial charge in [0.05, 0.1) is 108 Å². The van der Waals surface area contributed by atoms with Crippen LogP contribution in [0.3, 0.4) is 0 Å². The molecule has 0 unspecified atom stereocenters. The number of aryl methyl sites for hydroxylation is 4. The van der Waals surface area contributed by atoms with E-state index in [4.69, 9.17) is 36.6 Å². The third kappa shape index (κ3) is 15.5. The van der Waals surface area contributed by atoms with Crippen molar-refractivity contribution < 1.29 is 36.6 Å². The summed E-state index contributed by atoms with van der Waals surface area (Å²) in [5.74, 6) is 2.86. The summed E-state index contributed by atoms with van der Waals surface area (Å²) in [5.41, 5.74) is 11.1. The first kappa shape index (κ1) is 69.6. The maximum Gasteiger partial charge on any atom is 0.345 e. The van der Waals surface area contributed by atoms with Gasteiger partial charge in [-0.05, 0) is 100 Å². The molecule has 0 saturated heterocycles. The summed E-state index contributed by atoms with van der Waals surface area (Å²) < 4.78 is 43.0. The van der Waals surface area contributed by atoms with E-state index in [9.17, 15) is 19.2 Å². The fourth-order valence-corrected chi connectivity index (χ4v) is 13.3. The highest BCUT2D eigenvalue weighted by Crippen LogP contribution is 2.37. The third-order valence-corrected chi connectivity index (χ3v) is 18.6. The molecule has 0 spiro atoms. The Morgan fingerprint density at radius 3 is 0.923 bits per heavy atom. The Morgan fingerprint density at radius 1 is 0.346 bits per heavy atom. The van der Waals surface area contributed by atoms with Crippen LogP contribution >= 0.6 is 45.3 Å². The number of pyridine rings is 2. The molecule has 4 aromatic carbocycles. The molecule has 30 heteroatoms. The number of hydrogen-bond acceptors (Lipinski definition) is 30. The molecule has 0 saturated carbocycles. The molecule has 0 aliphatic carbocycles. The van der Waals surface area contributed by atoms with Crippen LogP contribution in [-0.4, -0.2) is 78.3 Å². The maximum atomic E-state index is 12.4. The molecule has 12 aromatic heterocycles. The summed E-state index contributed by atoms with van der Waals surface area (Å²) in [6.45, 7) is 7.25. The molecule has 0 aliphatic rings. The van der Waals surface area contributed by atoms with Gasteiger partial charge in [-0.25, -0.2) is 59.0 Å². The Kier molecular flexibility index (Phi) is 21.0. The first-order valence-corrected chi connectivity index (χ1v) is 34.9. The monoisotopic (exact) mass is 1460 g/mol. The lowest BCUT2D eigenvalue weighted by atomic mass is 10.1. The standard InChI is InChI=1S/2C19H15N3O3S.2C18H14N4O3S/c2*1-11-8-20-9-12-7-13(18(23)25-17(11)12)15-10-26-19(22-15)21-14-5-3-4-6-16(14)24-2;2*1-10-16-13(20-9-19-10)7-11(17(23)25-16)14-8-26-18(22-14)21-12-5-3-4-6-15(12)24-2/h2*3-10H,1-2H3,(H,21,22);2*3-9H,1-2H3,(H,21,22). The number of nitrogens with one attached hydrogen (secondary N) is 4. The zero-order valence-electron chi connectivity index (χ0n) is 56.3. The van der Waals surface area contributed by atoms with Gasteiger partial charge in [0.2, 0.25) is 0 Å². The van der Waals surface area contributed by atoms with Crippen LogP contribution < -0.4 is 62.7 Å². The minimum Gasteiger partial charge on any atom is -0.495 e. The van der Waals surface area contributed by atoms with E-state index in [2.05, 4.69) is 71.1 Å². The van der Waals surface area contributed by atoms with E-state index in [0.29, 0.717) is 122 Å². The number of anilines is 8. The number of nitrogens with zero attached hydrogens (tertiary/aromatic N) is 10. The molecular formula is C74H58N14O12S4. The molecular weight excluding hydrogens is 1410 g/mol. The van der Waals surface area contributed by atoms with Crippen LogP contribution in [-0.2, 0) is 0 Å². The highest BCUT2D eigenvalue weighted by molar-refractivity contribution is 7.15. The van der Waals surface area contributed by atoms with Gasteiger partial charge in [0.25, 0.3) is 0 Å². The summed E-state index contributed by atoms with van der Waals surface area (Å²) >= 11 is 5.57. The van der Waals surface area contributed by atoms with Gasteiger partial charge in [-0.2, -0.15) is 0 Å². The van der Waals surface area contributed by atoms with Crippen molar-refractivity contribution >= 4 is 133 Å². The van der Waals surface area contributed by atoms with E-state index < -0.39 is 22.5 Å². The number of hydrogen-bond donors (Lipinski definition) is 4. The van der Waals surface area contributed by atoms with Crippen molar-refractivity contribution in [3.63, 3.8) is 0 Å². The number of thiazole rings is 4. The number of rotatable bonds is 16. The Labute approximate surface area is 605 Å². The van der Waals surface area contributed by atoms with Gasteiger partial charge < -0.3 is 57.9 Å². The molecule has 0 bridgehead atoms. The van der Waals surface area contributed by atoms with Crippen molar-refractivity contribution in [1.82, 2.24) is 49.8 Å². The Hall–Kier alpha value is -12.9. The van der Waals surface area contributed by atoms with Gasteiger partial charge in [-0.1, -0.05) is 48.5 Å². The maximum absolute atomic E-state index is 12.4. The van der Waals surface area contributed by atoms with E-state index in [1.165, 1.54) is 58.0 Å². The van der Waals surface area contributed by atoms with Crippen LogP contribution in [0.15, 0.2) is 217 Å². The molecule has 0 atom stereocenters. The van der Waals surface area contributed by atoms with Crippen LogP contribution in [0.4, 0.5) is 43.3 Å². The quantitative estimate of drug-likeness (QED) is 0.0698. The Balaban J connectivity index is 0.000000123. The smallest absolute Gasteiger partial charge is 0.345 e. The fourth-order valence-electron chi connectivity index (χ4n) is 10.4. The number of aromatic nitrogens is 10. The van der Waals surface area contributed by atoms with Crippen LogP contribution in [0.25, 0.3) is 89.2 Å². The van der Waals surface area contributed by atoms with Crippen molar-refractivity contribution in [2.75, 3.05) is 49.7 Å². The molecule has 12 heterocycles. The second kappa shape index (κ2) is 31.3. The van der Waals surface area contributed by atoms with Crippen molar-refractivity contribution in [2.45, 2.75) is 27.7 Å². The minimum absolute atomic E-state index is 0.361. The molecule has 0 radical (unpaired) electrons. The summed E-state index contributed by atoms with van der Waals surface area (Å²) in [6, 6.07) is 37.1. The number of methoxy groups -OCH3 is 4. The van der Waals surface area contributed by atoms with Gasteiger partial charge in [0.15, 0.2) is 31.7 Å². The van der Waals surface area contributed by atoms with Crippen LogP contribution in [0.1, 0.15) is 22.5 Å². The van der Waals surface area contributed by atoms with Crippen molar-refractivity contribution in [3.8, 4) is 68.0 Å². The molecule has 0 aliphatic heterocycles. The predicted molar refractivity (Wildman–Crippen MR) is 405 cm³/mol. The fraction of sp³-hybridized carbons (Fsp3) is 0.108. The molecule has 0 amide bonds. The summed E-state index contributed by atoms with van der Waals surface area (Å²) in [4.78, 5) is 92.2. The van der Waals surface area contributed by atoms with Gasteiger partial charge in [-0.3, -0.25) is 9.97 Å². The minimum atomic E-state index is -0.468. The van der Waals surface area contributed by atoms with E-state index in [1.54, 1.807) is 102 Å². The first-order chi connectivity index (χ1) is 50.6. The zero-order chi connectivity index (χ0) is 72.4. The van der Waals surface area contributed by atoms with E-state index in [-0.39, 0.29) is 0 Å². The highest BCUT2D eigenvalue weighted by Gasteiger charge is 2.20. The SMILES string of the molecule is COc1ccccc1Nc1nc(-c2cc3cncc(C)c3oc2=O)cs1.COc1ccccc1Nc1nc(-c2cc3cncc(C)c3oc2=O)cs1.COc1ccccc1Nc1nc(-c2cc3ncnc(C)c3oc2=O)cs1.COc1ccccc1Nc1nc(-c2cc3ncnc(C)c3oc2=O)cs1. The van der Waals surface area contributed by atoms with Gasteiger partial charge >= 0.3 is 22.5 Å². The molecule has 0 fully saturated rings. The third-order valence-electron chi connectivity index (χ3n) is 15.6. The summed E-state index contributed by atoms with van der Waals surface area (Å²) in [5, 5.41) is 24.2. The van der Waals surface area contributed by atoms with Gasteiger partial charge in [0.1, 0.15) is 57.9 Å². The highest BCUT2D eigenvalue weighted by atomic mass is 32.1. The topological polar surface area (TPSA) is 335 Å². The van der Waals surface area contributed by atoms with E-state index >= 15 is 0 Å². The lowest BCUT2D eigenvalue weighted by Crippen LogP contribution is -2.04. The molecule has 104 heavy (non-hydrogen) atoms. The number of para-hydroxylation sites is 8. The van der Waals surface area contributed by atoms with Crippen molar-refractivity contribution in [2.24, 2.45) is 0 Å². The second-order valence-corrected chi connectivity index (χ2v) is 25.8. The average molecular weight is 1460 g/mol. The molecule has 26 nitrogen and oxygen atoms in total.